The molecule has 2 heterocycles. The van der Waals surface area contributed by atoms with Crippen LogP contribution in [-0.2, 0) is 28.5 Å². The molecule has 146 valence electrons. The lowest BCUT2D eigenvalue weighted by atomic mass is 9.93. The fraction of sp³-hybridized carbons (Fsp3) is 0.600. The number of carbonyl (C=O) groups is 2. The van der Waals surface area contributed by atoms with E-state index in [0.29, 0.717) is 45.9 Å². The standard InChI is InChI=1S/C20H25NO6/c1-16(4-6-18(22)21-9-11-24-12-10-21)27-19(23)7-5-17-3-2-8-20(15-17)25-13-14-26-20/h3,5,7,16H,2,8-15H2,1H3/t16-/m1/s1. The Morgan fingerprint density at radius 2 is 2.00 bits per heavy atom. The van der Waals surface area contributed by atoms with E-state index in [4.69, 9.17) is 18.9 Å². The highest BCUT2D eigenvalue weighted by Gasteiger charge is 2.38. The lowest BCUT2D eigenvalue weighted by Gasteiger charge is -2.30. The Balaban J connectivity index is 1.46. The van der Waals surface area contributed by atoms with Crippen LogP contribution in [0, 0.1) is 11.8 Å². The Bertz CT molecular complexity index is 674. The van der Waals surface area contributed by atoms with Gasteiger partial charge in [0.25, 0.3) is 5.91 Å². The summed E-state index contributed by atoms with van der Waals surface area (Å²) in [7, 11) is 0. The van der Waals surface area contributed by atoms with Gasteiger partial charge in [-0.2, -0.15) is 0 Å². The molecule has 7 nitrogen and oxygen atoms in total. The molecule has 0 unspecified atom stereocenters. The molecule has 0 aromatic rings. The predicted molar refractivity (Wildman–Crippen MR) is 96.4 cm³/mol. The fourth-order valence-corrected chi connectivity index (χ4v) is 3.25. The van der Waals surface area contributed by atoms with Crippen molar-refractivity contribution in [3.8, 4) is 11.8 Å². The van der Waals surface area contributed by atoms with Crippen LogP contribution in [0.25, 0.3) is 0 Å². The molecular weight excluding hydrogens is 350 g/mol. The van der Waals surface area contributed by atoms with E-state index in [1.165, 1.54) is 6.08 Å². The number of nitrogens with zero attached hydrogens (tertiary/aromatic N) is 1. The first-order valence-electron chi connectivity index (χ1n) is 9.30. The number of amides is 1. The Labute approximate surface area is 159 Å². The molecule has 0 radical (unpaired) electrons. The summed E-state index contributed by atoms with van der Waals surface area (Å²) in [6, 6.07) is 0. The summed E-state index contributed by atoms with van der Waals surface area (Å²) < 4.78 is 21.8. The Hall–Kier alpha value is -2.14. The minimum atomic E-state index is -0.666. The van der Waals surface area contributed by atoms with Crippen LogP contribution in [0.4, 0.5) is 0 Å². The number of hydrogen-bond acceptors (Lipinski definition) is 6. The third-order valence-electron chi connectivity index (χ3n) is 4.63. The van der Waals surface area contributed by atoms with Gasteiger partial charge in [0.15, 0.2) is 11.9 Å². The van der Waals surface area contributed by atoms with Crippen LogP contribution in [0.1, 0.15) is 26.2 Å². The van der Waals surface area contributed by atoms with E-state index in [0.717, 1.165) is 18.4 Å². The lowest BCUT2D eigenvalue weighted by molar-refractivity contribution is -0.162. The second-order valence-electron chi connectivity index (χ2n) is 6.69. The maximum absolute atomic E-state index is 12.0. The van der Waals surface area contributed by atoms with E-state index in [9.17, 15) is 9.59 Å². The van der Waals surface area contributed by atoms with Crippen molar-refractivity contribution in [2.45, 2.75) is 38.1 Å². The van der Waals surface area contributed by atoms with Crippen molar-refractivity contribution in [3.63, 3.8) is 0 Å². The first-order valence-corrected chi connectivity index (χ1v) is 9.30. The summed E-state index contributed by atoms with van der Waals surface area (Å²) in [6.45, 7) is 4.98. The van der Waals surface area contributed by atoms with Crippen LogP contribution in [0.2, 0.25) is 0 Å². The number of esters is 1. The number of allylic oxidation sites excluding steroid dienone is 2. The van der Waals surface area contributed by atoms with E-state index >= 15 is 0 Å². The average Bonchev–Trinajstić information content (AvgIpc) is 3.12. The summed E-state index contributed by atoms with van der Waals surface area (Å²) in [5, 5.41) is 0. The molecule has 1 spiro atoms. The quantitative estimate of drug-likeness (QED) is 0.419. The zero-order chi connectivity index (χ0) is 19.1. The van der Waals surface area contributed by atoms with Crippen LogP contribution in [0.5, 0.6) is 0 Å². The Morgan fingerprint density at radius 3 is 2.74 bits per heavy atom. The van der Waals surface area contributed by atoms with Crippen molar-refractivity contribution in [2.24, 2.45) is 0 Å². The number of rotatable bonds is 3. The number of hydrogen-bond donors (Lipinski definition) is 0. The second-order valence-corrected chi connectivity index (χ2v) is 6.69. The monoisotopic (exact) mass is 375 g/mol. The van der Waals surface area contributed by atoms with Crippen molar-refractivity contribution < 1.29 is 28.5 Å². The zero-order valence-electron chi connectivity index (χ0n) is 15.6. The maximum Gasteiger partial charge on any atom is 0.331 e. The highest BCUT2D eigenvalue weighted by atomic mass is 16.7. The van der Waals surface area contributed by atoms with Gasteiger partial charge in [0.1, 0.15) is 0 Å². The first-order chi connectivity index (χ1) is 13.1. The normalized spacial score (nSPS) is 22.9. The van der Waals surface area contributed by atoms with Crippen molar-refractivity contribution in [2.75, 3.05) is 39.5 Å². The molecule has 0 aromatic heterocycles. The topological polar surface area (TPSA) is 74.3 Å². The molecule has 7 heteroatoms. The van der Waals surface area contributed by atoms with E-state index in [1.807, 2.05) is 0 Å². The van der Waals surface area contributed by atoms with Gasteiger partial charge in [-0.1, -0.05) is 12.2 Å². The van der Waals surface area contributed by atoms with Crippen LogP contribution in [0.3, 0.4) is 0 Å². The molecule has 2 saturated heterocycles. The minimum Gasteiger partial charge on any atom is -0.446 e. The van der Waals surface area contributed by atoms with E-state index < -0.39 is 17.9 Å². The van der Waals surface area contributed by atoms with Gasteiger partial charge in [-0.05, 0) is 30.8 Å². The molecule has 2 aliphatic heterocycles. The van der Waals surface area contributed by atoms with Crippen LogP contribution in [-0.4, -0.2) is 68.2 Å². The summed E-state index contributed by atoms with van der Waals surface area (Å²) >= 11 is 0. The molecule has 0 N–H and O–H groups in total. The van der Waals surface area contributed by atoms with Gasteiger partial charge < -0.3 is 23.8 Å². The van der Waals surface area contributed by atoms with Crippen LogP contribution >= 0.6 is 0 Å². The van der Waals surface area contributed by atoms with Gasteiger partial charge in [-0.25, -0.2) is 4.79 Å². The Morgan fingerprint density at radius 1 is 1.26 bits per heavy atom. The second kappa shape index (κ2) is 9.18. The molecule has 1 atom stereocenters. The van der Waals surface area contributed by atoms with Crippen molar-refractivity contribution in [1.82, 2.24) is 4.90 Å². The summed E-state index contributed by atoms with van der Waals surface area (Å²) in [5.74, 6) is 3.91. The molecule has 1 aliphatic carbocycles. The molecule has 0 aromatic carbocycles. The first kappa shape index (κ1) is 19.6. The van der Waals surface area contributed by atoms with Gasteiger partial charge in [0.05, 0.1) is 26.4 Å². The predicted octanol–water partition coefficient (Wildman–Crippen LogP) is 1.19. The average molecular weight is 375 g/mol. The smallest absolute Gasteiger partial charge is 0.331 e. The zero-order valence-corrected chi connectivity index (χ0v) is 15.6. The molecular formula is C20H25NO6. The lowest BCUT2D eigenvalue weighted by Crippen LogP contribution is -2.40. The number of ether oxygens (including phenoxy) is 4. The van der Waals surface area contributed by atoms with Crippen LogP contribution < -0.4 is 0 Å². The van der Waals surface area contributed by atoms with Gasteiger partial charge >= 0.3 is 5.97 Å². The molecule has 3 aliphatic rings. The Kier molecular flexibility index (Phi) is 6.67. The number of morpholine rings is 1. The molecule has 3 rings (SSSR count). The largest absolute Gasteiger partial charge is 0.446 e. The van der Waals surface area contributed by atoms with Crippen molar-refractivity contribution in [1.29, 1.82) is 0 Å². The fourth-order valence-electron chi connectivity index (χ4n) is 3.25. The molecule has 0 bridgehead atoms. The van der Waals surface area contributed by atoms with E-state index in [-0.39, 0.29) is 5.91 Å². The third kappa shape index (κ3) is 5.67. The molecule has 0 saturated carbocycles. The van der Waals surface area contributed by atoms with E-state index in [2.05, 4.69) is 17.9 Å². The highest BCUT2D eigenvalue weighted by Crippen LogP contribution is 2.36. The summed E-state index contributed by atoms with van der Waals surface area (Å²) in [5.41, 5.74) is 0.987. The summed E-state index contributed by atoms with van der Waals surface area (Å²) in [4.78, 5) is 25.6. The van der Waals surface area contributed by atoms with Crippen LogP contribution in [0.15, 0.2) is 23.8 Å². The molecule has 2 fully saturated rings. The third-order valence-corrected chi connectivity index (χ3v) is 4.63. The van der Waals surface area contributed by atoms with Crippen molar-refractivity contribution in [3.05, 3.63) is 23.8 Å². The van der Waals surface area contributed by atoms with Crippen molar-refractivity contribution >= 4 is 11.9 Å². The minimum absolute atomic E-state index is 0.272. The van der Waals surface area contributed by atoms with Gasteiger partial charge in [-0.15, -0.1) is 0 Å². The van der Waals surface area contributed by atoms with E-state index in [1.54, 1.807) is 17.9 Å². The highest BCUT2D eigenvalue weighted by molar-refractivity contribution is 5.93. The summed E-state index contributed by atoms with van der Waals surface area (Å²) in [6.07, 6.45) is 6.82. The van der Waals surface area contributed by atoms with Gasteiger partial charge in [-0.3, -0.25) is 4.79 Å². The SMILES string of the molecule is C[C@H](C#CC(=O)N1CCOCC1)OC(=O)C=CC1=CCCC2(C1)OCCO2. The molecule has 1 amide bonds. The maximum atomic E-state index is 12.0. The number of carbonyl (C=O) groups excluding carboxylic acids is 2. The van der Waals surface area contributed by atoms with Gasteiger partial charge in [0.2, 0.25) is 0 Å². The molecule has 27 heavy (non-hydrogen) atoms. The van der Waals surface area contributed by atoms with Gasteiger partial charge in [0, 0.05) is 32.0 Å².